The van der Waals surface area contributed by atoms with Crippen LogP contribution in [0.15, 0.2) is 18.5 Å². The van der Waals surface area contributed by atoms with Gasteiger partial charge in [-0.1, -0.05) is 5.21 Å². The van der Waals surface area contributed by atoms with Crippen molar-refractivity contribution in [3.05, 3.63) is 29.8 Å². The van der Waals surface area contributed by atoms with Crippen molar-refractivity contribution in [1.29, 1.82) is 0 Å². The lowest BCUT2D eigenvalue weighted by atomic mass is 10.2. The van der Waals surface area contributed by atoms with Crippen LogP contribution in [-0.2, 0) is 6.54 Å². The number of carbonyl (C=O) groups excluding carboxylic acids is 1. The number of nitrogens with zero attached hydrogens (tertiary/aromatic N) is 4. The number of aromatic amines is 1. The summed E-state index contributed by atoms with van der Waals surface area (Å²) in [5.41, 5.74) is 3.26. The maximum atomic E-state index is 11.8. The van der Waals surface area contributed by atoms with Crippen molar-refractivity contribution in [2.45, 2.75) is 6.54 Å². The minimum Gasteiger partial charge on any atom is -0.344 e. The molecule has 9 heteroatoms. The van der Waals surface area contributed by atoms with Crippen molar-refractivity contribution in [3.63, 3.8) is 0 Å². The molecular weight excluding hydrogens is 224 g/mol. The molecular formula is C8H10N8O. The van der Waals surface area contributed by atoms with Crippen LogP contribution in [0.1, 0.15) is 16.2 Å². The second-order valence-corrected chi connectivity index (χ2v) is 3.08. The molecule has 17 heavy (non-hydrogen) atoms. The minimum absolute atomic E-state index is 0.175. The summed E-state index contributed by atoms with van der Waals surface area (Å²) in [7, 11) is 0. The first kappa shape index (κ1) is 11.0. The average Bonchev–Trinajstić information content (AvgIpc) is 2.89. The van der Waals surface area contributed by atoms with Gasteiger partial charge in [0.1, 0.15) is 0 Å². The molecule has 0 aliphatic heterocycles. The highest BCUT2D eigenvalue weighted by Crippen LogP contribution is 2.11. The Morgan fingerprint density at radius 2 is 2.41 bits per heavy atom. The van der Waals surface area contributed by atoms with Gasteiger partial charge in [-0.3, -0.25) is 15.6 Å². The number of pyridine rings is 1. The monoisotopic (exact) mass is 234 g/mol. The third kappa shape index (κ3) is 2.52. The number of hydrazine groups is 1. The molecule has 0 spiro atoms. The highest BCUT2D eigenvalue weighted by molar-refractivity contribution is 5.99. The summed E-state index contributed by atoms with van der Waals surface area (Å²) in [6.07, 6.45) is 2.95. The van der Waals surface area contributed by atoms with E-state index >= 15 is 0 Å². The first-order valence-electron chi connectivity index (χ1n) is 4.72. The number of aromatic nitrogens is 5. The summed E-state index contributed by atoms with van der Waals surface area (Å²) in [4.78, 5) is 15.6. The largest absolute Gasteiger partial charge is 0.344 e. The summed E-state index contributed by atoms with van der Waals surface area (Å²) in [6.45, 7) is 0.175. The van der Waals surface area contributed by atoms with Crippen LogP contribution < -0.4 is 16.6 Å². The lowest BCUT2D eigenvalue weighted by Crippen LogP contribution is -2.25. The molecule has 0 unspecified atom stereocenters. The Hall–Kier alpha value is -2.55. The van der Waals surface area contributed by atoms with Crippen molar-refractivity contribution >= 4 is 11.6 Å². The summed E-state index contributed by atoms with van der Waals surface area (Å²) >= 11 is 0. The van der Waals surface area contributed by atoms with E-state index in [9.17, 15) is 4.79 Å². The van der Waals surface area contributed by atoms with E-state index in [0.29, 0.717) is 17.1 Å². The Labute approximate surface area is 95.8 Å². The van der Waals surface area contributed by atoms with Gasteiger partial charge in [-0.25, -0.2) is 0 Å². The van der Waals surface area contributed by atoms with Crippen LogP contribution in [0.3, 0.4) is 0 Å². The molecule has 5 N–H and O–H groups in total. The van der Waals surface area contributed by atoms with E-state index in [4.69, 9.17) is 5.84 Å². The van der Waals surface area contributed by atoms with Crippen LogP contribution in [-0.4, -0.2) is 31.5 Å². The molecule has 0 aromatic carbocycles. The second-order valence-electron chi connectivity index (χ2n) is 3.08. The Morgan fingerprint density at radius 3 is 3.12 bits per heavy atom. The molecule has 0 aliphatic carbocycles. The molecule has 0 bridgehead atoms. The quantitative estimate of drug-likeness (QED) is 0.386. The fourth-order valence-corrected chi connectivity index (χ4v) is 1.21. The van der Waals surface area contributed by atoms with E-state index in [0.717, 1.165) is 0 Å². The zero-order valence-electron chi connectivity index (χ0n) is 8.71. The number of tetrazole rings is 1. The van der Waals surface area contributed by atoms with Crippen LogP contribution in [0.4, 0.5) is 5.69 Å². The van der Waals surface area contributed by atoms with E-state index in [2.05, 4.69) is 36.4 Å². The Balaban J connectivity index is 2.04. The van der Waals surface area contributed by atoms with E-state index in [-0.39, 0.29) is 12.5 Å². The molecule has 2 rings (SSSR count). The number of rotatable bonds is 4. The summed E-state index contributed by atoms with van der Waals surface area (Å²) < 4.78 is 0. The molecule has 0 radical (unpaired) electrons. The summed E-state index contributed by atoms with van der Waals surface area (Å²) in [5.74, 6) is 5.35. The van der Waals surface area contributed by atoms with Crippen molar-refractivity contribution in [3.8, 4) is 0 Å². The van der Waals surface area contributed by atoms with Crippen molar-refractivity contribution < 1.29 is 4.79 Å². The van der Waals surface area contributed by atoms with Crippen molar-refractivity contribution in [1.82, 2.24) is 30.9 Å². The van der Waals surface area contributed by atoms with E-state index in [1.807, 2.05) is 0 Å². The Kier molecular flexibility index (Phi) is 3.21. The molecule has 2 aromatic heterocycles. The number of nitrogens with one attached hydrogen (secondary N) is 3. The minimum atomic E-state index is -0.323. The fourth-order valence-electron chi connectivity index (χ4n) is 1.21. The number of carbonyl (C=O) groups is 1. The van der Waals surface area contributed by atoms with Crippen molar-refractivity contribution in [2.75, 3.05) is 5.43 Å². The molecule has 0 fully saturated rings. The molecule has 9 nitrogen and oxygen atoms in total. The normalized spacial score (nSPS) is 9.94. The number of amides is 1. The SMILES string of the molecule is NNc1ccncc1C(=O)NCc1nn[nH]n1. The highest BCUT2D eigenvalue weighted by Gasteiger charge is 2.11. The van der Waals surface area contributed by atoms with E-state index in [1.165, 1.54) is 12.4 Å². The molecule has 0 saturated carbocycles. The summed E-state index contributed by atoms with van der Waals surface area (Å²) in [6, 6.07) is 1.60. The van der Waals surface area contributed by atoms with Crippen molar-refractivity contribution in [2.24, 2.45) is 5.84 Å². The zero-order valence-corrected chi connectivity index (χ0v) is 8.71. The van der Waals surface area contributed by atoms with E-state index in [1.54, 1.807) is 6.07 Å². The maximum Gasteiger partial charge on any atom is 0.255 e. The molecule has 2 aromatic rings. The number of nitrogens with two attached hydrogens (primary N) is 1. The predicted molar refractivity (Wildman–Crippen MR) is 57.4 cm³/mol. The first-order valence-corrected chi connectivity index (χ1v) is 4.72. The van der Waals surface area contributed by atoms with Gasteiger partial charge in [0.25, 0.3) is 5.91 Å². The number of nitrogen functional groups attached to an aromatic ring is 1. The topological polar surface area (TPSA) is 134 Å². The van der Waals surface area contributed by atoms with Gasteiger partial charge in [-0.05, 0) is 6.07 Å². The molecule has 2 heterocycles. The van der Waals surface area contributed by atoms with Gasteiger partial charge in [-0.15, -0.1) is 10.2 Å². The first-order chi connectivity index (χ1) is 8.31. The summed E-state index contributed by atoms with van der Waals surface area (Å²) in [5, 5.41) is 15.7. The van der Waals surface area contributed by atoms with Gasteiger partial charge in [-0.2, -0.15) is 5.21 Å². The molecule has 1 amide bonds. The second kappa shape index (κ2) is 4.99. The number of anilines is 1. The smallest absolute Gasteiger partial charge is 0.255 e. The van der Waals surface area contributed by atoms with Gasteiger partial charge in [0.2, 0.25) is 0 Å². The third-order valence-electron chi connectivity index (χ3n) is 2.02. The fraction of sp³-hybridized carbons (Fsp3) is 0.125. The number of hydrogen-bond donors (Lipinski definition) is 4. The van der Waals surface area contributed by atoms with Gasteiger partial charge in [0, 0.05) is 12.4 Å². The molecule has 88 valence electrons. The van der Waals surface area contributed by atoms with Gasteiger partial charge >= 0.3 is 0 Å². The zero-order chi connectivity index (χ0) is 12.1. The lowest BCUT2D eigenvalue weighted by molar-refractivity contribution is 0.0950. The maximum absolute atomic E-state index is 11.8. The van der Waals surface area contributed by atoms with Crippen LogP contribution in [0.25, 0.3) is 0 Å². The highest BCUT2D eigenvalue weighted by atomic mass is 16.1. The standard InChI is InChI=1S/C8H10N8O/c9-12-6-1-2-10-3-5(6)8(17)11-4-7-13-15-16-14-7/h1-3H,4,9H2,(H,10,12)(H,11,17)(H,13,14,15,16). The third-order valence-corrected chi connectivity index (χ3v) is 2.02. The molecule has 0 saturated heterocycles. The Bertz CT molecular complexity index is 496. The number of hydrogen-bond acceptors (Lipinski definition) is 7. The molecule has 0 atom stereocenters. The average molecular weight is 234 g/mol. The van der Waals surface area contributed by atoms with Crippen LogP contribution in [0.5, 0.6) is 0 Å². The van der Waals surface area contributed by atoms with Crippen LogP contribution in [0, 0.1) is 0 Å². The van der Waals surface area contributed by atoms with Gasteiger partial charge in [0.05, 0.1) is 17.8 Å². The predicted octanol–water partition coefficient (Wildman–Crippen LogP) is -1.19. The number of H-pyrrole nitrogens is 1. The van der Waals surface area contributed by atoms with Crippen LogP contribution in [0.2, 0.25) is 0 Å². The van der Waals surface area contributed by atoms with Gasteiger partial charge < -0.3 is 10.7 Å². The molecule has 0 aliphatic rings. The Morgan fingerprint density at radius 1 is 1.53 bits per heavy atom. The van der Waals surface area contributed by atoms with Gasteiger partial charge in [0.15, 0.2) is 5.82 Å². The van der Waals surface area contributed by atoms with Crippen LogP contribution >= 0.6 is 0 Å². The lowest BCUT2D eigenvalue weighted by Gasteiger charge is -2.07. The van der Waals surface area contributed by atoms with E-state index < -0.39 is 0 Å².